The van der Waals surface area contributed by atoms with E-state index in [1.165, 1.54) is 5.39 Å². The highest BCUT2D eigenvalue weighted by molar-refractivity contribution is 6.91. The van der Waals surface area contributed by atoms with E-state index in [2.05, 4.69) is 24.8 Å². The molecule has 82 valence electrons. The summed E-state index contributed by atoms with van der Waals surface area (Å²) in [4.78, 5) is 10.6. The van der Waals surface area contributed by atoms with Crippen LogP contribution in [0.15, 0.2) is 54.7 Å². The van der Waals surface area contributed by atoms with Crippen molar-refractivity contribution in [3.63, 3.8) is 0 Å². The van der Waals surface area contributed by atoms with Gasteiger partial charge >= 0.3 is 0 Å². The summed E-state index contributed by atoms with van der Waals surface area (Å²) in [5.41, 5.74) is 1.76. The lowest BCUT2D eigenvalue weighted by Gasteiger charge is -2.21. The third-order valence-corrected chi connectivity index (χ3v) is 6.25. The van der Waals surface area contributed by atoms with Gasteiger partial charge in [0, 0.05) is 0 Å². The molecule has 1 N–H and O–H groups in total. The molecule has 2 heteroatoms. The number of hydrogen-bond donors (Lipinski definition) is 1. The monoisotopic (exact) mass is 228 g/mol. The SMILES string of the molecule is C=C[Si](O)(CC)c1cccc2ccccc12. The van der Waals surface area contributed by atoms with Crippen LogP contribution >= 0.6 is 0 Å². The lowest BCUT2D eigenvalue weighted by molar-refractivity contribution is 0.566. The zero-order valence-electron chi connectivity index (χ0n) is 9.48. The van der Waals surface area contributed by atoms with Gasteiger partial charge in [-0.25, -0.2) is 0 Å². The molecular weight excluding hydrogens is 212 g/mol. The van der Waals surface area contributed by atoms with Crippen LogP contribution in [0.2, 0.25) is 6.04 Å². The summed E-state index contributed by atoms with van der Waals surface area (Å²) in [7, 11) is -2.47. The Morgan fingerprint density at radius 2 is 1.88 bits per heavy atom. The van der Waals surface area contributed by atoms with Gasteiger partial charge < -0.3 is 4.80 Å². The van der Waals surface area contributed by atoms with E-state index in [4.69, 9.17) is 0 Å². The fraction of sp³-hybridized carbons (Fsp3) is 0.143. The lowest BCUT2D eigenvalue weighted by atomic mass is 10.1. The maximum atomic E-state index is 10.6. The van der Waals surface area contributed by atoms with E-state index in [0.717, 1.165) is 16.6 Å². The molecule has 2 aromatic rings. The summed E-state index contributed by atoms with van der Waals surface area (Å²) in [6.45, 7) is 5.82. The van der Waals surface area contributed by atoms with Gasteiger partial charge in [0.05, 0.1) is 0 Å². The smallest absolute Gasteiger partial charge is 0.244 e. The van der Waals surface area contributed by atoms with Crippen molar-refractivity contribution >= 4 is 24.3 Å². The lowest BCUT2D eigenvalue weighted by Crippen LogP contribution is -2.46. The van der Waals surface area contributed by atoms with E-state index in [-0.39, 0.29) is 0 Å². The van der Waals surface area contributed by atoms with E-state index in [1.54, 1.807) is 5.70 Å². The van der Waals surface area contributed by atoms with Crippen molar-refractivity contribution in [1.82, 2.24) is 0 Å². The molecule has 0 aliphatic carbocycles. The molecule has 0 aromatic heterocycles. The summed E-state index contributed by atoms with van der Waals surface area (Å²) >= 11 is 0. The van der Waals surface area contributed by atoms with Crippen LogP contribution in [0.4, 0.5) is 0 Å². The van der Waals surface area contributed by atoms with Crippen molar-refractivity contribution in [3.05, 3.63) is 54.7 Å². The summed E-state index contributed by atoms with van der Waals surface area (Å²) in [5.74, 6) is 0. The summed E-state index contributed by atoms with van der Waals surface area (Å²) in [6.07, 6.45) is 0. The minimum Gasteiger partial charge on any atom is -0.424 e. The van der Waals surface area contributed by atoms with Gasteiger partial charge in [-0.2, -0.15) is 0 Å². The topological polar surface area (TPSA) is 20.2 Å². The molecule has 0 aliphatic rings. The Balaban J connectivity index is 2.73. The average molecular weight is 228 g/mol. The van der Waals surface area contributed by atoms with Crippen LogP contribution in [-0.2, 0) is 0 Å². The first-order valence-electron chi connectivity index (χ1n) is 5.55. The Hall–Kier alpha value is -1.38. The third kappa shape index (κ3) is 1.70. The molecule has 0 saturated carbocycles. The second kappa shape index (κ2) is 4.24. The molecule has 0 fully saturated rings. The van der Waals surface area contributed by atoms with Crippen molar-refractivity contribution in [2.75, 3.05) is 0 Å². The predicted molar refractivity (Wildman–Crippen MR) is 72.2 cm³/mol. The van der Waals surface area contributed by atoms with E-state index in [1.807, 2.05) is 31.2 Å². The van der Waals surface area contributed by atoms with Crippen molar-refractivity contribution in [2.45, 2.75) is 13.0 Å². The van der Waals surface area contributed by atoms with Gasteiger partial charge in [-0.1, -0.05) is 55.1 Å². The Morgan fingerprint density at radius 3 is 2.56 bits per heavy atom. The van der Waals surface area contributed by atoms with Crippen molar-refractivity contribution < 1.29 is 4.80 Å². The molecular formula is C14H16OSi. The highest BCUT2D eigenvalue weighted by Gasteiger charge is 2.28. The minimum absolute atomic E-state index is 0.768. The maximum Gasteiger partial charge on any atom is 0.244 e. The fourth-order valence-corrected chi connectivity index (χ4v) is 4.02. The van der Waals surface area contributed by atoms with E-state index in [0.29, 0.717) is 0 Å². The molecule has 16 heavy (non-hydrogen) atoms. The van der Waals surface area contributed by atoms with Gasteiger partial charge in [0.1, 0.15) is 0 Å². The first kappa shape index (κ1) is 11.1. The third-order valence-electron chi connectivity index (χ3n) is 3.13. The van der Waals surface area contributed by atoms with Gasteiger partial charge in [0.2, 0.25) is 8.32 Å². The van der Waals surface area contributed by atoms with Crippen LogP contribution in [0.1, 0.15) is 6.92 Å². The molecule has 0 radical (unpaired) electrons. The Bertz CT molecular complexity index is 516. The van der Waals surface area contributed by atoms with Gasteiger partial charge in [0.25, 0.3) is 0 Å². The second-order valence-corrected chi connectivity index (χ2v) is 7.51. The van der Waals surface area contributed by atoms with Crippen molar-refractivity contribution in [2.24, 2.45) is 0 Å². The molecule has 0 bridgehead atoms. The van der Waals surface area contributed by atoms with Gasteiger partial charge in [-0.3, -0.25) is 0 Å². The molecule has 0 amide bonds. The van der Waals surface area contributed by atoms with Crippen LogP contribution in [-0.4, -0.2) is 13.1 Å². The molecule has 1 nitrogen and oxygen atoms in total. The largest absolute Gasteiger partial charge is 0.424 e. The second-order valence-electron chi connectivity index (χ2n) is 4.01. The molecule has 0 spiro atoms. The van der Waals surface area contributed by atoms with Crippen LogP contribution in [0, 0.1) is 0 Å². The fourth-order valence-electron chi connectivity index (χ4n) is 2.05. The van der Waals surface area contributed by atoms with Crippen LogP contribution in [0.25, 0.3) is 10.8 Å². The molecule has 2 rings (SSSR count). The molecule has 0 heterocycles. The first-order chi connectivity index (χ1) is 7.71. The van der Waals surface area contributed by atoms with Gasteiger partial charge in [0.15, 0.2) is 0 Å². The van der Waals surface area contributed by atoms with Crippen LogP contribution in [0.3, 0.4) is 0 Å². The molecule has 1 unspecified atom stereocenters. The quantitative estimate of drug-likeness (QED) is 0.801. The zero-order chi connectivity index (χ0) is 11.6. The van der Waals surface area contributed by atoms with Gasteiger partial charge in [-0.15, -0.1) is 6.58 Å². The summed E-state index contributed by atoms with van der Waals surface area (Å²) in [5, 5.41) is 3.41. The number of hydrogen-bond acceptors (Lipinski definition) is 1. The Morgan fingerprint density at radius 1 is 1.19 bits per heavy atom. The highest BCUT2D eigenvalue weighted by Crippen LogP contribution is 2.16. The standard InChI is InChI=1S/C14H16OSi/c1-3-16(15,4-2)14-11-7-9-12-8-5-6-10-13(12)14/h3,5-11,15H,1,4H2,2H3. The molecule has 0 saturated heterocycles. The summed E-state index contributed by atoms with van der Waals surface area (Å²) in [6, 6.07) is 15.1. The van der Waals surface area contributed by atoms with Crippen LogP contribution in [0.5, 0.6) is 0 Å². The Labute approximate surface area is 97.2 Å². The van der Waals surface area contributed by atoms with Crippen LogP contribution < -0.4 is 5.19 Å². The minimum atomic E-state index is -2.47. The zero-order valence-corrected chi connectivity index (χ0v) is 10.5. The number of rotatable bonds is 3. The maximum absolute atomic E-state index is 10.6. The number of fused-ring (bicyclic) bond motifs is 1. The van der Waals surface area contributed by atoms with Crippen molar-refractivity contribution in [3.8, 4) is 0 Å². The predicted octanol–water partition coefficient (Wildman–Crippen LogP) is 2.73. The van der Waals surface area contributed by atoms with E-state index < -0.39 is 8.32 Å². The average Bonchev–Trinajstić information content (AvgIpc) is 2.37. The van der Waals surface area contributed by atoms with Crippen molar-refractivity contribution in [1.29, 1.82) is 0 Å². The highest BCUT2D eigenvalue weighted by atomic mass is 28.4. The first-order valence-corrected chi connectivity index (χ1v) is 7.78. The summed E-state index contributed by atoms with van der Waals surface area (Å²) < 4.78 is 0. The molecule has 2 aromatic carbocycles. The Kier molecular flexibility index (Phi) is 2.94. The van der Waals surface area contributed by atoms with E-state index >= 15 is 0 Å². The molecule has 1 atom stereocenters. The number of benzene rings is 2. The van der Waals surface area contributed by atoms with E-state index in [9.17, 15) is 4.80 Å². The normalized spacial score (nSPS) is 14.6. The molecule has 0 aliphatic heterocycles. The van der Waals surface area contributed by atoms with Gasteiger partial charge in [-0.05, 0) is 22.0 Å².